The molecular weight excluding hydrogens is 364 g/mol. The number of likely N-dealkylation sites (tertiary alicyclic amines) is 1. The number of piperidine rings is 1. The van der Waals surface area contributed by atoms with Crippen LogP contribution >= 0.6 is 0 Å². The largest absolute Gasteiger partial charge is 0.497 e. The van der Waals surface area contributed by atoms with Crippen molar-refractivity contribution in [3.63, 3.8) is 0 Å². The second-order valence-corrected chi connectivity index (χ2v) is 7.64. The van der Waals surface area contributed by atoms with E-state index in [2.05, 4.69) is 17.4 Å². The average Bonchev–Trinajstić information content (AvgIpc) is 2.79. The molecule has 0 spiro atoms. The van der Waals surface area contributed by atoms with Crippen LogP contribution in [-0.4, -0.2) is 38.4 Å². The second kappa shape index (κ2) is 10.8. The Bertz CT molecular complexity index is 784. The molecule has 1 atom stereocenters. The number of ketones is 1. The van der Waals surface area contributed by atoms with Crippen LogP contribution in [0.15, 0.2) is 54.6 Å². The number of methoxy groups -OCH3 is 1. The SMILES string of the molecule is COc1ccc([C@H](CNC(=O)CCC(=O)c2ccccc2)[NH+]2CCCCC2)cc1. The maximum Gasteiger partial charge on any atom is 0.220 e. The fourth-order valence-corrected chi connectivity index (χ4v) is 3.99. The molecule has 3 rings (SSSR count). The molecule has 1 heterocycles. The zero-order valence-corrected chi connectivity index (χ0v) is 17.2. The van der Waals surface area contributed by atoms with Crippen molar-refractivity contribution in [2.75, 3.05) is 26.7 Å². The third-order valence-corrected chi connectivity index (χ3v) is 5.68. The number of carbonyl (C=O) groups is 2. The smallest absolute Gasteiger partial charge is 0.220 e. The molecule has 0 bridgehead atoms. The zero-order chi connectivity index (χ0) is 20.5. The molecule has 0 aromatic heterocycles. The van der Waals surface area contributed by atoms with Gasteiger partial charge in [0.25, 0.3) is 0 Å². The van der Waals surface area contributed by atoms with Gasteiger partial charge in [-0.05, 0) is 43.5 Å². The van der Waals surface area contributed by atoms with E-state index in [-0.39, 0.29) is 30.6 Å². The van der Waals surface area contributed by atoms with Crippen LogP contribution in [-0.2, 0) is 4.79 Å². The lowest BCUT2D eigenvalue weighted by atomic mass is 10.0. The molecular formula is C24H31N2O3+. The predicted molar refractivity (Wildman–Crippen MR) is 113 cm³/mol. The molecule has 29 heavy (non-hydrogen) atoms. The third-order valence-electron chi connectivity index (χ3n) is 5.68. The van der Waals surface area contributed by atoms with E-state index < -0.39 is 0 Å². The Morgan fingerprint density at radius 1 is 0.966 bits per heavy atom. The van der Waals surface area contributed by atoms with Crippen molar-refractivity contribution in [1.82, 2.24) is 5.32 Å². The lowest BCUT2D eigenvalue weighted by Crippen LogP contribution is -3.13. The van der Waals surface area contributed by atoms with Crippen molar-refractivity contribution in [3.8, 4) is 5.75 Å². The van der Waals surface area contributed by atoms with Gasteiger partial charge in [-0.3, -0.25) is 9.59 Å². The Morgan fingerprint density at radius 3 is 2.31 bits per heavy atom. The molecule has 0 aliphatic carbocycles. The standard InChI is InChI=1S/C24H30N2O3/c1-29-21-12-10-19(11-13-21)22(26-16-6-3-7-17-26)18-25-24(28)15-14-23(27)20-8-4-2-5-9-20/h2,4-5,8-13,22H,3,6-7,14-18H2,1H3,(H,25,28)/p+1/t22-/m0/s1. The lowest BCUT2D eigenvalue weighted by Gasteiger charge is -2.32. The number of Topliss-reactive ketones (excluding diaryl/α,β-unsaturated/α-hetero) is 1. The number of amides is 1. The minimum atomic E-state index is -0.0656. The van der Waals surface area contributed by atoms with Gasteiger partial charge in [-0.15, -0.1) is 0 Å². The molecule has 1 aliphatic rings. The molecule has 1 amide bonds. The van der Waals surface area contributed by atoms with Gasteiger partial charge < -0.3 is 15.0 Å². The van der Waals surface area contributed by atoms with Crippen molar-refractivity contribution in [3.05, 3.63) is 65.7 Å². The van der Waals surface area contributed by atoms with Gasteiger partial charge in [0.05, 0.1) is 26.7 Å². The Morgan fingerprint density at radius 2 is 1.66 bits per heavy atom. The Balaban J connectivity index is 1.57. The molecule has 1 fully saturated rings. The van der Waals surface area contributed by atoms with Crippen LogP contribution in [0.25, 0.3) is 0 Å². The monoisotopic (exact) mass is 395 g/mol. The van der Waals surface area contributed by atoms with Crippen LogP contribution in [0.1, 0.15) is 54.1 Å². The summed E-state index contributed by atoms with van der Waals surface area (Å²) in [6.07, 6.45) is 4.19. The van der Waals surface area contributed by atoms with Crippen molar-refractivity contribution in [2.45, 2.75) is 38.1 Å². The molecule has 1 saturated heterocycles. The van der Waals surface area contributed by atoms with Gasteiger partial charge in [0.1, 0.15) is 11.8 Å². The predicted octanol–water partition coefficient (Wildman–Crippen LogP) is 2.58. The summed E-state index contributed by atoms with van der Waals surface area (Å²) in [5.74, 6) is 0.780. The summed E-state index contributed by atoms with van der Waals surface area (Å²) in [5.41, 5.74) is 1.87. The maximum atomic E-state index is 12.4. The van der Waals surface area contributed by atoms with Gasteiger partial charge in [0.2, 0.25) is 5.91 Å². The number of benzene rings is 2. The van der Waals surface area contributed by atoms with Crippen molar-refractivity contribution < 1.29 is 19.2 Å². The van der Waals surface area contributed by atoms with E-state index in [9.17, 15) is 9.59 Å². The van der Waals surface area contributed by atoms with Gasteiger partial charge in [-0.2, -0.15) is 0 Å². The Hall–Kier alpha value is -2.66. The first-order chi connectivity index (χ1) is 14.2. The van der Waals surface area contributed by atoms with Crippen LogP contribution in [0.3, 0.4) is 0 Å². The minimum absolute atomic E-state index is 0.00844. The zero-order valence-electron chi connectivity index (χ0n) is 17.2. The minimum Gasteiger partial charge on any atom is -0.497 e. The number of carbonyl (C=O) groups excluding carboxylic acids is 2. The van der Waals surface area contributed by atoms with Gasteiger partial charge in [0, 0.05) is 24.0 Å². The summed E-state index contributed by atoms with van der Waals surface area (Å²) in [5, 5.41) is 3.07. The summed E-state index contributed by atoms with van der Waals surface area (Å²) in [4.78, 5) is 26.1. The van der Waals surface area contributed by atoms with Crippen LogP contribution in [0.2, 0.25) is 0 Å². The molecule has 2 aromatic rings. The third kappa shape index (κ3) is 6.16. The number of nitrogens with one attached hydrogen (secondary N) is 2. The van der Waals surface area contributed by atoms with E-state index in [1.807, 2.05) is 30.3 Å². The normalized spacial score (nSPS) is 15.5. The quantitative estimate of drug-likeness (QED) is 0.642. The highest BCUT2D eigenvalue weighted by atomic mass is 16.5. The maximum absolute atomic E-state index is 12.4. The number of ether oxygens (including phenoxy) is 1. The fourth-order valence-electron chi connectivity index (χ4n) is 3.99. The van der Waals surface area contributed by atoms with Gasteiger partial charge in [-0.25, -0.2) is 0 Å². The van der Waals surface area contributed by atoms with Crippen molar-refractivity contribution in [1.29, 1.82) is 0 Å². The molecule has 1 aliphatic heterocycles. The second-order valence-electron chi connectivity index (χ2n) is 7.64. The average molecular weight is 396 g/mol. The van der Waals surface area contributed by atoms with Crippen LogP contribution in [0, 0.1) is 0 Å². The Kier molecular flexibility index (Phi) is 7.82. The number of hydrogen-bond donors (Lipinski definition) is 2. The molecule has 0 unspecified atom stereocenters. The number of quaternary nitrogens is 1. The van der Waals surface area contributed by atoms with E-state index in [0.29, 0.717) is 12.1 Å². The van der Waals surface area contributed by atoms with Crippen LogP contribution < -0.4 is 15.0 Å². The van der Waals surface area contributed by atoms with Gasteiger partial charge >= 0.3 is 0 Å². The molecule has 5 nitrogen and oxygen atoms in total. The van der Waals surface area contributed by atoms with E-state index >= 15 is 0 Å². The number of hydrogen-bond acceptors (Lipinski definition) is 3. The number of rotatable bonds is 9. The molecule has 154 valence electrons. The van der Waals surface area contributed by atoms with E-state index in [4.69, 9.17) is 4.74 Å². The summed E-state index contributed by atoms with van der Waals surface area (Å²) in [6.45, 7) is 2.83. The van der Waals surface area contributed by atoms with Crippen LogP contribution in [0.5, 0.6) is 5.75 Å². The highest BCUT2D eigenvalue weighted by molar-refractivity contribution is 5.97. The molecule has 2 aromatic carbocycles. The lowest BCUT2D eigenvalue weighted by molar-refractivity contribution is -0.935. The first-order valence-electron chi connectivity index (χ1n) is 10.5. The van der Waals surface area contributed by atoms with E-state index in [1.54, 1.807) is 19.2 Å². The fraction of sp³-hybridized carbons (Fsp3) is 0.417. The molecule has 0 saturated carbocycles. The van der Waals surface area contributed by atoms with Gasteiger partial charge in [-0.1, -0.05) is 30.3 Å². The van der Waals surface area contributed by atoms with E-state index in [0.717, 1.165) is 18.8 Å². The summed E-state index contributed by atoms with van der Waals surface area (Å²) in [7, 11) is 1.67. The summed E-state index contributed by atoms with van der Waals surface area (Å²) < 4.78 is 5.27. The molecule has 5 heteroatoms. The van der Waals surface area contributed by atoms with Crippen molar-refractivity contribution in [2.24, 2.45) is 0 Å². The highest BCUT2D eigenvalue weighted by Gasteiger charge is 2.26. The first kappa shape index (κ1) is 21.1. The van der Waals surface area contributed by atoms with Crippen LogP contribution in [0.4, 0.5) is 0 Å². The summed E-state index contributed by atoms with van der Waals surface area (Å²) in [6, 6.07) is 17.5. The Labute approximate surface area is 173 Å². The first-order valence-corrected chi connectivity index (χ1v) is 10.5. The molecule has 0 radical (unpaired) electrons. The summed E-state index contributed by atoms with van der Waals surface area (Å²) >= 11 is 0. The topological polar surface area (TPSA) is 59.8 Å². The van der Waals surface area contributed by atoms with Crippen molar-refractivity contribution >= 4 is 11.7 Å². The highest BCUT2D eigenvalue weighted by Crippen LogP contribution is 2.16. The molecule has 2 N–H and O–H groups in total. The van der Waals surface area contributed by atoms with E-state index in [1.165, 1.54) is 29.7 Å². The van der Waals surface area contributed by atoms with Gasteiger partial charge in [0.15, 0.2) is 5.78 Å².